The highest BCUT2D eigenvalue weighted by atomic mass is 32.2. The van der Waals surface area contributed by atoms with E-state index in [9.17, 15) is 8.42 Å². The van der Waals surface area contributed by atoms with Crippen LogP contribution in [0.15, 0.2) is 39.9 Å². The molecule has 0 spiro atoms. The maximum atomic E-state index is 12.3. The van der Waals surface area contributed by atoms with Crippen molar-refractivity contribution in [1.82, 2.24) is 4.72 Å². The number of sulfonamides is 1. The van der Waals surface area contributed by atoms with Crippen molar-refractivity contribution in [2.24, 2.45) is 0 Å². The number of hydrogen-bond acceptors (Lipinski definition) is 5. The molecule has 1 aromatic heterocycles. The third-order valence-electron chi connectivity index (χ3n) is 2.71. The Morgan fingerprint density at radius 1 is 1.20 bits per heavy atom. The van der Waals surface area contributed by atoms with Crippen molar-refractivity contribution in [3.05, 3.63) is 40.6 Å². The largest absolute Gasteiger partial charge is 0.497 e. The van der Waals surface area contributed by atoms with Crippen molar-refractivity contribution >= 4 is 21.4 Å². The van der Waals surface area contributed by atoms with E-state index in [1.54, 1.807) is 12.1 Å². The van der Waals surface area contributed by atoms with Gasteiger partial charge in [0, 0.05) is 12.6 Å². The van der Waals surface area contributed by atoms with E-state index in [2.05, 4.69) is 4.72 Å². The minimum atomic E-state index is -3.66. The summed E-state index contributed by atoms with van der Waals surface area (Å²) in [6, 6.07) is 6.53. The van der Waals surface area contributed by atoms with Crippen molar-refractivity contribution in [2.75, 3.05) is 14.2 Å². The van der Waals surface area contributed by atoms with E-state index in [1.165, 1.54) is 31.6 Å². The fourth-order valence-corrected chi connectivity index (χ4v) is 3.51. The van der Waals surface area contributed by atoms with E-state index in [0.29, 0.717) is 5.75 Å². The predicted octanol–water partition coefficient (Wildman–Crippen LogP) is 2.24. The molecule has 0 atom stereocenters. The van der Waals surface area contributed by atoms with Crippen LogP contribution in [0.25, 0.3) is 0 Å². The molecule has 1 heterocycles. The fourth-order valence-electron chi connectivity index (χ4n) is 1.64. The number of rotatable bonds is 6. The first kappa shape index (κ1) is 14.8. The molecule has 0 aliphatic carbocycles. The number of nitrogens with one attached hydrogen (secondary N) is 1. The second-order valence-electron chi connectivity index (χ2n) is 3.97. The molecule has 108 valence electrons. The maximum absolute atomic E-state index is 12.3. The lowest BCUT2D eigenvalue weighted by Gasteiger charge is -2.11. The van der Waals surface area contributed by atoms with Crippen molar-refractivity contribution < 1.29 is 17.9 Å². The Balaban J connectivity index is 2.28. The van der Waals surface area contributed by atoms with Crippen molar-refractivity contribution in [3.63, 3.8) is 0 Å². The Morgan fingerprint density at radius 2 is 2.00 bits per heavy atom. The first-order valence-electron chi connectivity index (χ1n) is 5.79. The van der Waals surface area contributed by atoms with Gasteiger partial charge in [-0.1, -0.05) is 0 Å². The van der Waals surface area contributed by atoms with Gasteiger partial charge in [-0.25, -0.2) is 13.1 Å². The quantitative estimate of drug-likeness (QED) is 0.888. The molecule has 2 rings (SSSR count). The summed E-state index contributed by atoms with van der Waals surface area (Å²) in [5.74, 6) is 0.741. The molecule has 2 aromatic rings. The number of hydrogen-bond donors (Lipinski definition) is 1. The third kappa shape index (κ3) is 3.30. The van der Waals surface area contributed by atoms with E-state index in [1.807, 2.05) is 16.8 Å². The van der Waals surface area contributed by atoms with Crippen LogP contribution in [-0.4, -0.2) is 22.6 Å². The van der Waals surface area contributed by atoms with Crippen LogP contribution in [0.3, 0.4) is 0 Å². The van der Waals surface area contributed by atoms with Crippen LogP contribution in [0.2, 0.25) is 0 Å². The first-order chi connectivity index (χ1) is 9.56. The number of benzene rings is 1. The summed E-state index contributed by atoms with van der Waals surface area (Å²) in [4.78, 5) is 0.0644. The van der Waals surface area contributed by atoms with E-state index in [4.69, 9.17) is 9.47 Å². The van der Waals surface area contributed by atoms with Crippen molar-refractivity contribution in [3.8, 4) is 11.5 Å². The number of thiophene rings is 1. The average Bonchev–Trinajstić information content (AvgIpc) is 2.98. The van der Waals surface area contributed by atoms with Crippen LogP contribution in [0, 0.1) is 0 Å². The van der Waals surface area contributed by atoms with E-state index < -0.39 is 10.0 Å². The average molecular weight is 313 g/mol. The summed E-state index contributed by atoms with van der Waals surface area (Å²) < 4.78 is 37.4. The van der Waals surface area contributed by atoms with Crippen LogP contribution < -0.4 is 14.2 Å². The molecule has 1 N–H and O–H groups in total. The smallest absolute Gasteiger partial charge is 0.244 e. The SMILES string of the molecule is COc1ccc(OC)c(S(=O)(=O)NCc2ccsc2)c1. The van der Waals surface area contributed by atoms with E-state index >= 15 is 0 Å². The van der Waals surface area contributed by atoms with Gasteiger partial charge in [0.25, 0.3) is 0 Å². The molecular weight excluding hydrogens is 298 g/mol. The first-order valence-corrected chi connectivity index (χ1v) is 8.22. The molecule has 0 radical (unpaired) electrons. The van der Waals surface area contributed by atoms with Gasteiger partial charge in [-0.15, -0.1) is 0 Å². The van der Waals surface area contributed by atoms with Crippen LogP contribution in [0.5, 0.6) is 11.5 Å². The van der Waals surface area contributed by atoms with Gasteiger partial charge in [-0.05, 0) is 34.5 Å². The zero-order chi connectivity index (χ0) is 14.6. The fraction of sp³-hybridized carbons (Fsp3) is 0.231. The molecule has 0 fully saturated rings. The Labute approximate surface area is 122 Å². The van der Waals surface area contributed by atoms with Gasteiger partial charge in [-0.3, -0.25) is 0 Å². The van der Waals surface area contributed by atoms with Gasteiger partial charge >= 0.3 is 0 Å². The van der Waals surface area contributed by atoms with Gasteiger partial charge in [0.05, 0.1) is 14.2 Å². The molecular formula is C13H15NO4S2. The lowest BCUT2D eigenvalue weighted by Crippen LogP contribution is -2.23. The topological polar surface area (TPSA) is 64.6 Å². The lowest BCUT2D eigenvalue weighted by molar-refractivity contribution is 0.392. The van der Waals surface area contributed by atoms with Gasteiger partial charge in [0.2, 0.25) is 10.0 Å². The van der Waals surface area contributed by atoms with Gasteiger partial charge < -0.3 is 9.47 Å². The summed E-state index contributed by atoms with van der Waals surface area (Å²) in [7, 11) is -0.749. The van der Waals surface area contributed by atoms with Crippen molar-refractivity contribution in [2.45, 2.75) is 11.4 Å². The molecule has 0 aliphatic heterocycles. The van der Waals surface area contributed by atoms with Crippen LogP contribution in [-0.2, 0) is 16.6 Å². The molecule has 5 nitrogen and oxygen atoms in total. The number of ether oxygens (including phenoxy) is 2. The highest BCUT2D eigenvalue weighted by Gasteiger charge is 2.20. The molecule has 20 heavy (non-hydrogen) atoms. The minimum absolute atomic E-state index is 0.0644. The molecule has 0 bridgehead atoms. The predicted molar refractivity (Wildman–Crippen MR) is 77.9 cm³/mol. The van der Waals surface area contributed by atoms with Gasteiger partial charge in [-0.2, -0.15) is 11.3 Å². The summed E-state index contributed by atoms with van der Waals surface area (Å²) in [5.41, 5.74) is 0.917. The van der Waals surface area contributed by atoms with Crippen molar-refractivity contribution in [1.29, 1.82) is 0 Å². The standard InChI is InChI=1S/C13H15NO4S2/c1-17-11-3-4-12(18-2)13(7-11)20(15,16)14-8-10-5-6-19-9-10/h3-7,9,14H,8H2,1-2H3. The molecule has 1 aromatic carbocycles. The van der Waals surface area contributed by atoms with E-state index in [0.717, 1.165) is 5.56 Å². The monoisotopic (exact) mass is 313 g/mol. The highest BCUT2D eigenvalue weighted by molar-refractivity contribution is 7.89. The second-order valence-corrected chi connectivity index (χ2v) is 6.49. The molecule has 0 aliphatic rings. The second kappa shape index (κ2) is 6.25. The Morgan fingerprint density at radius 3 is 2.60 bits per heavy atom. The lowest BCUT2D eigenvalue weighted by atomic mass is 10.3. The zero-order valence-corrected chi connectivity index (χ0v) is 12.8. The highest BCUT2D eigenvalue weighted by Crippen LogP contribution is 2.28. The normalized spacial score (nSPS) is 11.3. The van der Waals surface area contributed by atoms with Gasteiger partial charge in [0.15, 0.2) is 0 Å². The molecule has 0 amide bonds. The molecule has 0 saturated heterocycles. The van der Waals surface area contributed by atoms with E-state index in [-0.39, 0.29) is 17.2 Å². The number of methoxy groups -OCH3 is 2. The van der Waals surface area contributed by atoms with Gasteiger partial charge in [0.1, 0.15) is 16.4 Å². The Hall–Kier alpha value is -1.57. The van der Waals surface area contributed by atoms with Crippen LogP contribution in [0.1, 0.15) is 5.56 Å². The summed E-state index contributed by atoms with van der Waals surface area (Å²) >= 11 is 1.52. The summed E-state index contributed by atoms with van der Waals surface area (Å²) in [6.07, 6.45) is 0. The molecule has 0 saturated carbocycles. The third-order valence-corrected chi connectivity index (χ3v) is 4.86. The summed E-state index contributed by atoms with van der Waals surface area (Å²) in [6.45, 7) is 0.242. The zero-order valence-electron chi connectivity index (χ0n) is 11.1. The van der Waals surface area contributed by atoms with Crippen LogP contribution >= 0.6 is 11.3 Å². The summed E-state index contributed by atoms with van der Waals surface area (Å²) in [5, 5.41) is 3.79. The Bertz CT molecular complexity index is 666. The minimum Gasteiger partial charge on any atom is -0.497 e. The maximum Gasteiger partial charge on any atom is 0.244 e. The Kier molecular flexibility index (Phi) is 4.64. The molecule has 0 unspecified atom stereocenters. The van der Waals surface area contributed by atoms with Crippen LogP contribution in [0.4, 0.5) is 0 Å². The molecule has 7 heteroatoms.